The molecule has 0 bridgehead atoms. The van der Waals surface area contributed by atoms with Crippen LogP contribution < -0.4 is 0 Å². The highest BCUT2D eigenvalue weighted by Crippen LogP contribution is 2.39. The van der Waals surface area contributed by atoms with E-state index in [1.165, 1.54) is 12.1 Å². The summed E-state index contributed by atoms with van der Waals surface area (Å²) in [5.41, 5.74) is 2.51. The van der Waals surface area contributed by atoms with Gasteiger partial charge in [-0.3, -0.25) is 0 Å². The van der Waals surface area contributed by atoms with E-state index in [0.717, 1.165) is 22.4 Å². The second-order valence-corrected chi connectivity index (χ2v) is 6.79. The van der Waals surface area contributed by atoms with Gasteiger partial charge in [0.1, 0.15) is 11.6 Å². The maximum Gasteiger partial charge on any atom is 0.204 e. The molecule has 1 heterocycles. The average Bonchev–Trinajstić information content (AvgIpc) is 3.06. The highest BCUT2D eigenvalue weighted by Gasteiger charge is 2.39. The number of hydrogen-bond acceptors (Lipinski definition) is 2. The van der Waals surface area contributed by atoms with Gasteiger partial charge >= 0.3 is 0 Å². The zero-order chi connectivity index (χ0) is 18.7. The van der Waals surface area contributed by atoms with Gasteiger partial charge in [-0.05, 0) is 36.3 Å². The van der Waals surface area contributed by atoms with Crippen LogP contribution in [0.15, 0.2) is 96.0 Å². The van der Waals surface area contributed by atoms with Crippen LogP contribution in [0, 0.1) is 5.82 Å². The van der Waals surface area contributed by atoms with E-state index in [4.69, 9.17) is 9.73 Å². The normalized spacial score (nSPS) is 20.4. The van der Waals surface area contributed by atoms with Crippen molar-refractivity contribution in [2.24, 2.45) is 4.99 Å². The first kappa shape index (κ1) is 17.2. The van der Waals surface area contributed by atoms with Gasteiger partial charge in [-0.2, -0.15) is 0 Å². The topological polar surface area (TPSA) is 21.6 Å². The monoisotopic (exact) mass is 357 g/mol. The SMILES string of the molecule is CC1(c2ccc(F)cc2)C=C(c2ccccc2)OC1=NCc1ccccc1. The molecule has 2 nitrogen and oxygen atoms in total. The summed E-state index contributed by atoms with van der Waals surface area (Å²) in [6.45, 7) is 2.59. The molecule has 4 rings (SSSR count). The van der Waals surface area contributed by atoms with Gasteiger partial charge in [0.25, 0.3) is 0 Å². The van der Waals surface area contributed by atoms with E-state index in [2.05, 4.69) is 13.0 Å². The molecule has 134 valence electrons. The fourth-order valence-corrected chi connectivity index (χ4v) is 3.25. The lowest BCUT2D eigenvalue weighted by atomic mass is 9.82. The Morgan fingerprint density at radius 1 is 0.852 bits per heavy atom. The summed E-state index contributed by atoms with van der Waals surface area (Å²) in [7, 11) is 0. The molecule has 0 N–H and O–H groups in total. The molecule has 0 amide bonds. The fraction of sp³-hybridized carbons (Fsp3) is 0.125. The standard InChI is InChI=1S/C24H20FNO/c1-24(20-12-14-21(25)15-13-20)16-22(19-10-6-3-7-11-19)27-23(24)26-17-18-8-4-2-5-9-18/h2-16H,17H2,1H3. The van der Waals surface area contributed by atoms with E-state index in [-0.39, 0.29) is 5.82 Å². The quantitative estimate of drug-likeness (QED) is 0.582. The van der Waals surface area contributed by atoms with Crippen molar-refractivity contribution >= 4 is 11.7 Å². The van der Waals surface area contributed by atoms with Gasteiger partial charge in [-0.15, -0.1) is 0 Å². The Kier molecular flexibility index (Phi) is 4.59. The van der Waals surface area contributed by atoms with Crippen LogP contribution in [-0.2, 0) is 16.7 Å². The molecule has 3 aromatic carbocycles. The van der Waals surface area contributed by atoms with Crippen LogP contribution in [-0.4, -0.2) is 5.90 Å². The summed E-state index contributed by atoms with van der Waals surface area (Å²) >= 11 is 0. The van der Waals surface area contributed by atoms with Crippen molar-refractivity contribution in [3.63, 3.8) is 0 Å². The second kappa shape index (κ2) is 7.20. The number of hydrogen-bond donors (Lipinski definition) is 0. The Labute approximate surface area is 158 Å². The van der Waals surface area contributed by atoms with Crippen molar-refractivity contribution in [3.8, 4) is 0 Å². The lowest BCUT2D eigenvalue weighted by Gasteiger charge is -2.21. The zero-order valence-corrected chi connectivity index (χ0v) is 15.1. The molecule has 1 aliphatic rings. The fourth-order valence-electron chi connectivity index (χ4n) is 3.25. The molecule has 3 aromatic rings. The molecular formula is C24H20FNO. The van der Waals surface area contributed by atoms with E-state index in [1.807, 2.05) is 60.7 Å². The molecule has 0 aliphatic carbocycles. The van der Waals surface area contributed by atoms with Crippen LogP contribution >= 0.6 is 0 Å². The lowest BCUT2D eigenvalue weighted by molar-refractivity contribution is 0.488. The number of halogens is 1. The molecule has 0 saturated carbocycles. The molecular weight excluding hydrogens is 337 g/mol. The van der Waals surface area contributed by atoms with Crippen molar-refractivity contribution in [3.05, 3.63) is 114 Å². The Hall–Kier alpha value is -3.20. The molecule has 0 aromatic heterocycles. The van der Waals surface area contributed by atoms with Gasteiger partial charge in [-0.1, -0.05) is 72.8 Å². The van der Waals surface area contributed by atoms with Crippen LogP contribution in [0.1, 0.15) is 23.6 Å². The zero-order valence-electron chi connectivity index (χ0n) is 15.1. The van der Waals surface area contributed by atoms with Gasteiger partial charge in [0.15, 0.2) is 0 Å². The lowest BCUT2D eigenvalue weighted by Crippen LogP contribution is -2.27. The molecule has 0 radical (unpaired) electrons. The van der Waals surface area contributed by atoms with Gasteiger partial charge in [-0.25, -0.2) is 9.38 Å². The molecule has 0 spiro atoms. The van der Waals surface area contributed by atoms with Crippen molar-refractivity contribution < 1.29 is 9.13 Å². The van der Waals surface area contributed by atoms with Crippen LogP contribution in [0.4, 0.5) is 4.39 Å². The number of nitrogens with zero attached hydrogens (tertiary/aromatic N) is 1. The Morgan fingerprint density at radius 3 is 2.15 bits per heavy atom. The minimum absolute atomic E-state index is 0.253. The maximum absolute atomic E-state index is 13.4. The minimum atomic E-state index is -0.548. The average molecular weight is 357 g/mol. The number of ether oxygens (including phenoxy) is 1. The van der Waals surface area contributed by atoms with Crippen LogP contribution in [0.2, 0.25) is 0 Å². The third kappa shape index (κ3) is 3.54. The molecule has 1 aliphatic heterocycles. The summed E-state index contributed by atoms with van der Waals surface area (Å²) in [4.78, 5) is 4.77. The maximum atomic E-state index is 13.4. The molecule has 1 unspecified atom stereocenters. The number of rotatable bonds is 4. The van der Waals surface area contributed by atoms with Crippen molar-refractivity contribution in [1.82, 2.24) is 0 Å². The largest absolute Gasteiger partial charge is 0.442 e. The second-order valence-electron chi connectivity index (χ2n) is 6.79. The van der Waals surface area contributed by atoms with E-state index in [0.29, 0.717) is 12.4 Å². The predicted octanol–water partition coefficient (Wildman–Crippen LogP) is 5.75. The summed E-state index contributed by atoms with van der Waals surface area (Å²) in [6.07, 6.45) is 2.07. The minimum Gasteiger partial charge on any atom is -0.442 e. The first-order valence-corrected chi connectivity index (χ1v) is 8.96. The van der Waals surface area contributed by atoms with Crippen LogP contribution in [0.3, 0.4) is 0 Å². The predicted molar refractivity (Wildman–Crippen MR) is 107 cm³/mol. The Balaban J connectivity index is 1.74. The molecule has 3 heteroatoms. The van der Waals surface area contributed by atoms with E-state index >= 15 is 0 Å². The van der Waals surface area contributed by atoms with Crippen LogP contribution in [0.25, 0.3) is 5.76 Å². The highest BCUT2D eigenvalue weighted by molar-refractivity contribution is 5.99. The van der Waals surface area contributed by atoms with Gasteiger partial charge in [0.05, 0.1) is 12.0 Å². The van der Waals surface area contributed by atoms with Crippen molar-refractivity contribution in [2.75, 3.05) is 0 Å². The highest BCUT2D eigenvalue weighted by atomic mass is 19.1. The van der Waals surface area contributed by atoms with Crippen molar-refractivity contribution in [2.45, 2.75) is 18.9 Å². The summed E-state index contributed by atoms with van der Waals surface area (Å²) < 4.78 is 19.6. The van der Waals surface area contributed by atoms with Gasteiger partial charge in [0, 0.05) is 5.56 Å². The Morgan fingerprint density at radius 2 is 1.48 bits per heavy atom. The van der Waals surface area contributed by atoms with E-state index in [1.54, 1.807) is 12.1 Å². The first-order valence-electron chi connectivity index (χ1n) is 8.96. The van der Waals surface area contributed by atoms with Crippen molar-refractivity contribution in [1.29, 1.82) is 0 Å². The van der Waals surface area contributed by atoms with Crippen LogP contribution in [0.5, 0.6) is 0 Å². The summed E-state index contributed by atoms with van der Waals surface area (Å²) in [5.74, 6) is 1.14. The van der Waals surface area contributed by atoms with E-state index in [9.17, 15) is 4.39 Å². The molecule has 0 saturated heterocycles. The smallest absolute Gasteiger partial charge is 0.204 e. The Bertz CT molecular complexity index is 978. The number of aliphatic imine (C=N–C) groups is 1. The van der Waals surface area contributed by atoms with E-state index < -0.39 is 5.41 Å². The third-order valence-electron chi connectivity index (χ3n) is 4.82. The first-order chi connectivity index (χ1) is 13.1. The van der Waals surface area contributed by atoms with Gasteiger partial charge < -0.3 is 4.74 Å². The number of benzene rings is 3. The summed E-state index contributed by atoms with van der Waals surface area (Å²) in [6, 6.07) is 26.6. The molecule has 27 heavy (non-hydrogen) atoms. The molecule has 0 fully saturated rings. The molecule has 1 atom stereocenters. The third-order valence-corrected chi connectivity index (χ3v) is 4.82. The summed E-state index contributed by atoms with van der Waals surface area (Å²) in [5, 5.41) is 0. The van der Waals surface area contributed by atoms with Gasteiger partial charge in [0.2, 0.25) is 5.90 Å².